The molecule has 0 aromatic heterocycles. The average molecular weight is 521 g/mol. The number of rotatable bonds is 8. The van der Waals surface area contributed by atoms with Crippen LogP contribution in [0.15, 0.2) is 60.2 Å². The molecule has 2 aromatic rings. The summed E-state index contributed by atoms with van der Waals surface area (Å²) in [5.41, 5.74) is 0.0378. The summed E-state index contributed by atoms with van der Waals surface area (Å²) in [6.07, 6.45) is -5.23. The summed E-state index contributed by atoms with van der Waals surface area (Å²) in [7, 11) is 1.43. The van der Waals surface area contributed by atoms with E-state index in [9.17, 15) is 33.0 Å². The average Bonchev–Trinajstić information content (AvgIpc) is 3.28. The molecule has 2 amide bonds. The molecule has 0 saturated heterocycles. The molecule has 0 spiro atoms. The lowest BCUT2D eigenvalue weighted by molar-refractivity contribution is -0.137. The standard InChI is InChI=1S/C26H27F3N2O6/c1-36-13-11-31(25(35)15-6-8-16(9-7-15)26(27,28)29)19-14-18(24(34)30-10-12-32)21-17-4-2-3-5-20(17)37-23(21)22(19)33/h2-9,14,19,21-23,32-33H,10-13H2,1H3,(H,30,34). The van der Waals surface area contributed by atoms with Gasteiger partial charge in [0.05, 0.1) is 30.7 Å². The number of nitrogens with one attached hydrogen (secondary N) is 1. The predicted octanol–water partition coefficient (Wildman–Crippen LogP) is 2.12. The molecule has 198 valence electrons. The lowest BCUT2D eigenvalue weighted by Gasteiger charge is -2.40. The molecule has 37 heavy (non-hydrogen) atoms. The summed E-state index contributed by atoms with van der Waals surface area (Å²) >= 11 is 0. The summed E-state index contributed by atoms with van der Waals surface area (Å²) in [4.78, 5) is 27.9. The van der Waals surface area contributed by atoms with Crippen molar-refractivity contribution in [1.29, 1.82) is 0 Å². The van der Waals surface area contributed by atoms with E-state index in [4.69, 9.17) is 9.47 Å². The molecule has 1 heterocycles. The molecule has 0 radical (unpaired) electrons. The van der Waals surface area contributed by atoms with Gasteiger partial charge in [-0.15, -0.1) is 0 Å². The van der Waals surface area contributed by atoms with Crippen LogP contribution in [0.4, 0.5) is 13.2 Å². The number of aliphatic hydroxyl groups is 2. The van der Waals surface area contributed by atoms with Crippen molar-refractivity contribution in [2.45, 2.75) is 30.3 Å². The second-order valence-electron chi connectivity index (χ2n) is 8.75. The highest BCUT2D eigenvalue weighted by Crippen LogP contribution is 2.47. The Morgan fingerprint density at radius 2 is 1.84 bits per heavy atom. The number of hydrogen-bond donors (Lipinski definition) is 3. The Kier molecular flexibility index (Phi) is 7.86. The number of halogens is 3. The number of amides is 2. The summed E-state index contributed by atoms with van der Waals surface area (Å²) in [6, 6.07) is 9.78. The molecule has 2 aromatic carbocycles. The molecule has 0 fully saturated rings. The maximum absolute atomic E-state index is 13.5. The maximum Gasteiger partial charge on any atom is 0.416 e. The lowest BCUT2D eigenvalue weighted by Crippen LogP contribution is -2.56. The van der Waals surface area contributed by atoms with Crippen molar-refractivity contribution < 1.29 is 42.4 Å². The van der Waals surface area contributed by atoms with Gasteiger partial charge in [-0.3, -0.25) is 9.59 Å². The molecule has 3 N–H and O–H groups in total. The van der Waals surface area contributed by atoms with Crippen LogP contribution in [0.2, 0.25) is 0 Å². The predicted molar refractivity (Wildman–Crippen MR) is 126 cm³/mol. The first kappa shape index (κ1) is 26.6. The Morgan fingerprint density at radius 3 is 2.49 bits per heavy atom. The summed E-state index contributed by atoms with van der Waals surface area (Å²) in [5.74, 6) is -1.26. The third-order valence-corrected chi connectivity index (χ3v) is 6.49. The summed E-state index contributed by atoms with van der Waals surface area (Å²) < 4.78 is 50.2. The Balaban J connectivity index is 1.73. The van der Waals surface area contributed by atoms with Crippen molar-refractivity contribution in [2.24, 2.45) is 0 Å². The van der Waals surface area contributed by atoms with Gasteiger partial charge in [-0.05, 0) is 36.4 Å². The van der Waals surface area contributed by atoms with Crippen LogP contribution < -0.4 is 10.1 Å². The fraction of sp³-hybridized carbons (Fsp3) is 0.385. The second kappa shape index (κ2) is 10.9. The molecular formula is C26H27F3N2O6. The van der Waals surface area contributed by atoms with Crippen LogP contribution in [-0.2, 0) is 15.7 Å². The van der Waals surface area contributed by atoms with Gasteiger partial charge >= 0.3 is 6.18 Å². The molecule has 11 heteroatoms. The van der Waals surface area contributed by atoms with E-state index >= 15 is 0 Å². The molecule has 1 aliphatic carbocycles. The highest BCUT2D eigenvalue weighted by atomic mass is 19.4. The first-order chi connectivity index (χ1) is 17.7. The van der Waals surface area contributed by atoms with Crippen molar-refractivity contribution >= 4 is 11.8 Å². The SMILES string of the molecule is COCCN(C(=O)c1ccc(C(F)(F)F)cc1)C1C=C(C(=O)NCCO)C2c3ccccc3OC2C1O. The van der Waals surface area contributed by atoms with Gasteiger partial charge in [-0.2, -0.15) is 13.2 Å². The quantitative estimate of drug-likeness (QED) is 0.492. The molecule has 4 rings (SSSR count). The van der Waals surface area contributed by atoms with E-state index in [2.05, 4.69) is 5.32 Å². The summed E-state index contributed by atoms with van der Waals surface area (Å²) in [5, 5.41) is 23.2. The fourth-order valence-electron chi connectivity index (χ4n) is 4.73. The fourth-order valence-corrected chi connectivity index (χ4v) is 4.73. The lowest BCUT2D eigenvalue weighted by atomic mass is 9.77. The van der Waals surface area contributed by atoms with Crippen molar-refractivity contribution in [1.82, 2.24) is 10.2 Å². The summed E-state index contributed by atoms with van der Waals surface area (Å²) in [6.45, 7) is -0.213. The van der Waals surface area contributed by atoms with Crippen LogP contribution in [0.1, 0.15) is 27.4 Å². The van der Waals surface area contributed by atoms with E-state index in [0.29, 0.717) is 11.3 Å². The number of carbonyl (C=O) groups excluding carboxylic acids is 2. The van der Waals surface area contributed by atoms with Gasteiger partial charge in [-0.1, -0.05) is 18.2 Å². The Morgan fingerprint density at radius 1 is 1.14 bits per heavy atom. The van der Waals surface area contributed by atoms with E-state index in [0.717, 1.165) is 24.3 Å². The van der Waals surface area contributed by atoms with Crippen LogP contribution in [0.25, 0.3) is 0 Å². The maximum atomic E-state index is 13.5. The number of fused-ring (bicyclic) bond motifs is 3. The monoisotopic (exact) mass is 520 g/mol. The highest BCUT2D eigenvalue weighted by Gasteiger charge is 2.50. The molecule has 4 unspecified atom stereocenters. The minimum Gasteiger partial charge on any atom is -0.486 e. The van der Waals surface area contributed by atoms with Crippen molar-refractivity contribution in [3.05, 3.63) is 76.9 Å². The van der Waals surface area contributed by atoms with Gasteiger partial charge < -0.3 is 29.9 Å². The number of ether oxygens (including phenoxy) is 2. The number of nitrogens with zero attached hydrogens (tertiary/aromatic N) is 1. The number of hydrogen-bond acceptors (Lipinski definition) is 6. The zero-order chi connectivity index (χ0) is 26.7. The number of aliphatic hydroxyl groups excluding tert-OH is 2. The van der Waals surface area contributed by atoms with Crippen molar-refractivity contribution in [2.75, 3.05) is 33.4 Å². The zero-order valence-corrected chi connectivity index (χ0v) is 19.9. The molecular weight excluding hydrogens is 493 g/mol. The van der Waals surface area contributed by atoms with Gasteiger partial charge in [0.25, 0.3) is 5.91 Å². The Hall–Kier alpha value is -3.41. The minimum absolute atomic E-state index is 0.00115. The van der Waals surface area contributed by atoms with E-state index in [1.807, 2.05) is 0 Å². The van der Waals surface area contributed by atoms with Crippen LogP contribution in [0, 0.1) is 0 Å². The molecule has 2 aliphatic rings. The topological polar surface area (TPSA) is 108 Å². The number of benzene rings is 2. The number of carbonyl (C=O) groups is 2. The number of para-hydroxylation sites is 1. The van der Waals surface area contributed by atoms with E-state index in [-0.39, 0.29) is 37.4 Å². The van der Waals surface area contributed by atoms with Crippen LogP contribution in [0.5, 0.6) is 5.75 Å². The third-order valence-electron chi connectivity index (χ3n) is 6.49. The molecule has 1 aliphatic heterocycles. The smallest absolute Gasteiger partial charge is 0.416 e. The minimum atomic E-state index is -4.56. The Labute approximate surface area is 211 Å². The second-order valence-corrected chi connectivity index (χ2v) is 8.75. The van der Waals surface area contributed by atoms with Gasteiger partial charge in [-0.25, -0.2) is 0 Å². The number of methoxy groups -OCH3 is 1. The largest absolute Gasteiger partial charge is 0.486 e. The molecule has 4 atom stereocenters. The van der Waals surface area contributed by atoms with Crippen LogP contribution in [-0.4, -0.2) is 78.6 Å². The van der Waals surface area contributed by atoms with Gasteiger partial charge in [0.2, 0.25) is 5.91 Å². The first-order valence-electron chi connectivity index (χ1n) is 11.7. The Bertz CT molecular complexity index is 1170. The first-order valence-corrected chi connectivity index (χ1v) is 11.7. The highest BCUT2D eigenvalue weighted by molar-refractivity contribution is 5.97. The van der Waals surface area contributed by atoms with E-state index < -0.39 is 47.7 Å². The van der Waals surface area contributed by atoms with Crippen LogP contribution >= 0.6 is 0 Å². The van der Waals surface area contributed by atoms with E-state index in [1.165, 1.54) is 18.1 Å². The molecule has 0 bridgehead atoms. The van der Waals surface area contributed by atoms with Crippen LogP contribution in [0.3, 0.4) is 0 Å². The van der Waals surface area contributed by atoms with Gasteiger partial charge in [0, 0.05) is 36.9 Å². The molecule has 0 saturated carbocycles. The molecule has 8 nitrogen and oxygen atoms in total. The van der Waals surface area contributed by atoms with Gasteiger partial charge in [0.15, 0.2) is 0 Å². The normalized spacial score (nSPS) is 22.4. The zero-order valence-electron chi connectivity index (χ0n) is 19.9. The third kappa shape index (κ3) is 5.34. The van der Waals surface area contributed by atoms with E-state index in [1.54, 1.807) is 24.3 Å². The van der Waals surface area contributed by atoms with Crippen molar-refractivity contribution in [3.8, 4) is 5.75 Å². The number of alkyl halides is 3. The van der Waals surface area contributed by atoms with Crippen molar-refractivity contribution in [3.63, 3.8) is 0 Å². The van der Waals surface area contributed by atoms with Gasteiger partial charge in [0.1, 0.15) is 18.0 Å².